The van der Waals surface area contributed by atoms with E-state index in [1.165, 1.54) is 0 Å². The third-order valence-corrected chi connectivity index (χ3v) is 2.26. The summed E-state index contributed by atoms with van der Waals surface area (Å²) >= 11 is 2.02. The Morgan fingerprint density at radius 2 is 2.67 bits per heavy atom. The van der Waals surface area contributed by atoms with Crippen molar-refractivity contribution in [1.29, 1.82) is 0 Å². The van der Waals surface area contributed by atoms with Crippen LogP contribution >= 0.6 is 11.8 Å². The van der Waals surface area contributed by atoms with Crippen LogP contribution in [0.15, 0.2) is 4.36 Å². The van der Waals surface area contributed by atoms with Crippen LogP contribution in [-0.2, 0) is 16.2 Å². The molecule has 9 heavy (non-hydrogen) atoms. The summed E-state index contributed by atoms with van der Waals surface area (Å²) < 4.78 is 18.6. The lowest BCUT2D eigenvalue weighted by molar-refractivity contribution is 0.0841. The Labute approximate surface area is 61.4 Å². The monoisotopic (exact) mass is 165 g/mol. The van der Waals surface area contributed by atoms with Gasteiger partial charge in [-0.15, -0.1) is 0 Å². The van der Waals surface area contributed by atoms with E-state index in [0.717, 1.165) is 18.1 Å². The summed E-state index contributed by atoms with van der Waals surface area (Å²) in [6, 6.07) is 0. The smallest absolute Gasteiger partial charge is 0.202 e. The maximum atomic E-state index is 9.86. The highest BCUT2D eigenvalue weighted by Crippen LogP contribution is 2.12. The number of hydrogen-bond acceptors (Lipinski definition) is 4. The van der Waals surface area contributed by atoms with Crippen LogP contribution in [0.4, 0.5) is 0 Å². The van der Waals surface area contributed by atoms with E-state index in [2.05, 4.69) is 4.36 Å². The second kappa shape index (κ2) is 4.03. The van der Waals surface area contributed by atoms with E-state index in [4.69, 9.17) is 4.74 Å². The molecule has 1 aliphatic rings. The minimum absolute atomic E-state index is 0.161. The first-order chi connectivity index (χ1) is 4.43. The van der Waals surface area contributed by atoms with Gasteiger partial charge in [0.1, 0.15) is 0 Å². The molecule has 5 heteroatoms. The zero-order valence-corrected chi connectivity index (χ0v) is 6.41. The molecule has 0 radical (unpaired) electrons. The largest absolute Gasteiger partial charge is 0.354 e. The van der Waals surface area contributed by atoms with Crippen LogP contribution < -0.4 is 0 Å². The fourth-order valence-electron chi connectivity index (χ4n) is 0.584. The van der Waals surface area contributed by atoms with E-state index in [-0.39, 0.29) is 17.7 Å². The Morgan fingerprint density at radius 3 is 3.22 bits per heavy atom. The van der Waals surface area contributed by atoms with Gasteiger partial charge < -0.3 is 4.74 Å². The number of nitrogens with zero attached hydrogens (tertiary/aromatic N) is 1. The summed E-state index contributed by atoms with van der Waals surface area (Å²) in [7, 11) is 0. The number of rotatable bonds is 1. The fourth-order valence-corrected chi connectivity index (χ4v) is 1.66. The first-order valence-corrected chi connectivity index (χ1v) is 4.47. The Kier molecular flexibility index (Phi) is 3.24. The quantitative estimate of drug-likeness (QED) is 0.567. The highest BCUT2D eigenvalue weighted by Gasteiger charge is 2.11. The second-order valence-corrected chi connectivity index (χ2v) is 3.09. The summed E-state index contributed by atoms with van der Waals surface area (Å²) in [6.07, 6.45) is -0.161. The average Bonchev–Trinajstić information content (AvgIpc) is 1.91. The van der Waals surface area contributed by atoms with Crippen molar-refractivity contribution >= 4 is 23.2 Å². The molecule has 0 aromatic carbocycles. The molecule has 1 atom stereocenters. The second-order valence-electron chi connectivity index (χ2n) is 1.58. The molecule has 1 heterocycles. The van der Waals surface area contributed by atoms with E-state index in [1.54, 1.807) is 11.8 Å². The first-order valence-electron chi connectivity index (χ1n) is 2.62. The summed E-state index contributed by atoms with van der Waals surface area (Å²) in [5.74, 6) is 1.85. The fraction of sp³-hybridized carbons (Fsp3) is 1.00. The number of ether oxygens (including phenoxy) is 1. The molecule has 1 saturated heterocycles. The van der Waals surface area contributed by atoms with Gasteiger partial charge in [-0.05, 0) is 0 Å². The predicted octanol–water partition coefficient (Wildman–Crippen LogP) is 0.472. The topological polar surface area (TPSA) is 38.7 Å². The molecule has 52 valence electrons. The van der Waals surface area contributed by atoms with Crippen molar-refractivity contribution in [3.05, 3.63) is 0 Å². The lowest BCUT2D eigenvalue weighted by Crippen LogP contribution is -2.20. The van der Waals surface area contributed by atoms with Gasteiger partial charge in [0.15, 0.2) is 6.23 Å². The van der Waals surface area contributed by atoms with Crippen molar-refractivity contribution in [3.8, 4) is 0 Å². The van der Waals surface area contributed by atoms with E-state index < -0.39 is 0 Å². The van der Waals surface area contributed by atoms with Crippen LogP contribution in [-0.4, -0.2) is 28.5 Å². The molecule has 0 aromatic rings. The Balaban J connectivity index is 2.31. The first kappa shape index (κ1) is 7.24. The molecule has 1 rings (SSSR count). The third-order valence-electron chi connectivity index (χ3n) is 0.959. The van der Waals surface area contributed by atoms with E-state index >= 15 is 0 Å². The molecule has 1 unspecified atom stereocenters. The van der Waals surface area contributed by atoms with Crippen LogP contribution in [0.25, 0.3) is 0 Å². The van der Waals surface area contributed by atoms with Crippen LogP contribution in [0, 0.1) is 0 Å². The molecule has 1 fully saturated rings. The third kappa shape index (κ3) is 2.47. The maximum absolute atomic E-state index is 9.86. The van der Waals surface area contributed by atoms with E-state index in [1.807, 2.05) is 0 Å². The van der Waals surface area contributed by atoms with Gasteiger partial charge in [0.25, 0.3) is 0 Å². The van der Waals surface area contributed by atoms with Crippen molar-refractivity contribution in [2.45, 2.75) is 6.23 Å². The van der Waals surface area contributed by atoms with Gasteiger partial charge in [-0.25, -0.2) is 0 Å². The van der Waals surface area contributed by atoms with Gasteiger partial charge in [0.05, 0.1) is 6.61 Å². The van der Waals surface area contributed by atoms with Crippen LogP contribution in [0.5, 0.6) is 0 Å². The minimum Gasteiger partial charge on any atom is -0.354 e. The summed E-state index contributed by atoms with van der Waals surface area (Å²) in [5.41, 5.74) is 0. The Hall–Kier alpha value is 0.130. The molecule has 0 spiro atoms. The molecule has 0 aliphatic carbocycles. The zero-order valence-electron chi connectivity index (χ0n) is 4.78. The average molecular weight is 165 g/mol. The molecule has 1 aliphatic heterocycles. The van der Waals surface area contributed by atoms with Gasteiger partial charge >= 0.3 is 0 Å². The molecule has 0 amide bonds. The summed E-state index contributed by atoms with van der Waals surface area (Å²) in [4.78, 5) is 0. The minimum atomic E-state index is -0.161. The SMILES string of the molecule is O=S=NC1CSCCO1. The van der Waals surface area contributed by atoms with Crippen molar-refractivity contribution in [3.63, 3.8) is 0 Å². The van der Waals surface area contributed by atoms with Crippen LogP contribution in [0.1, 0.15) is 0 Å². The van der Waals surface area contributed by atoms with E-state index in [9.17, 15) is 4.21 Å². The summed E-state index contributed by atoms with van der Waals surface area (Å²) in [6.45, 7) is 0.722. The van der Waals surface area contributed by atoms with Crippen LogP contribution in [0.3, 0.4) is 0 Å². The lowest BCUT2D eigenvalue weighted by Gasteiger charge is -2.15. The highest BCUT2D eigenvalue weighted by molar-refractivity contribution is 7.99. The standard InChI is InChI=1S/C4H7NO2S2/c6-9-5-4-3-8-2-1-7-4/h4H,1-3H2. The highest BCUT2D eigenvalue weighted by atomic mass is 32.2. The van der Waals surface area contributed by atoms with Crippen molar-refractivity contribution in [1.82, 2.24) is 0 Å². The predicted molar refractivity (Wildman–Crippen MR) is 37.6 cm³/mol. The molecule has 0 saturated carbocycles. The van der Waals surface area contributed by atoms with Gasteiger partial charge in [-0.1, -0.05) is 0 Å². The van der Waals surface area contributed by atoms with Gasteiger partial charge in [-0.2, -0.15) is 20.3 Å². The molecule has 0 N–H and O–H groups in total. The molecular formula is C4H7NO2S2. The summed E-state index contributed by atoms with van der Waals surface area (Å²) in [5, 5.41) is 0. The Morgan fingerprint density at radius 1 is 1.78 bits per heavy atom. The van der Waals surface area contributed by atoms with Gasteiger partial charge in [-0.3, -0.25) is 0 Å². The van der Waals surface area contributed by atoms with Crippen molar-refractivity contribution in [2.75, 3.05) is 18.1 Å². The molecule has 0 aromatic heterocycles. The number of hydrogen-bond donors (Lipinski definition) is 0. The lowest BCUT2D eigenvalue weighted by atomic mass is 10.7. The van der Waals surface area contributed by atoms with Crippen LogP contribution in [0.2, 0.25) is 0 Å². The van der Waals surface area contributed by atoms with Gasteiger partial charge in [0.2, 0.25) is 11.5 Å². The van der Waals surface area contributed by atoms with Crippen molar-refractivity contribution in [2.24, 2.45) is 4.36 Å². The van der Waals surface area contributed by atoms with Crippen molar-refractivity contribution < 1.29 is 8.95 Å². The Bertz CT molecular complexity index is 129. The molecule has 0 bridgehead atoms. The number of thioether (sulfide) groups is 1. The zero-order chi connectivity index (χ0) is 6.53. The van der Waals surface area contributed by atoms with Gasteiger partial charge in [0, 0.05) is 11.5 Å². The maximum Gasteiger partial charge on any atom is 0.202 e. The molecule has 3 nitrogen and oxygen atoms in total. The van der Waals surface area contributed by atoms with E-state index in [0.29, 0.717) is 0 Å². The normalized spacial score (nSPS) is 27.3. The molecular weight excluding hydrogens is 158 g/mol.